The first-order chi connectivity index (χ1) is 9.15. The lowest BCUT2D eigenvalue weighted by molar-refractivity contribution is 0.101. The zero-order chi connectivity index (χ0) is 13.4. The summed E-state index contributed by atoms with van der Waals surface area (Å²) in [4.78, 5) is 12.3. The Labute approximate surface area is 112 Å². The van der Waals surface area contributed by atoms with Crippen molar-refractivity contribution in [3.8, 4) is 0 Å². The van der Waals surface area contributed by atoms with Crippen molar-refractivity contribution in [2.75, 3.05) is 17.3 Å². The first kappa shape index (κ1) is 11.8. The molecule has 19 heavy (non-hydrogen) atoms. The van der Waals surface area contributed by atoms with Crippen molar-refractivity contribution >= 4 is 11.6 Å². The van der Waals surface area contributed by atoms with Crippen LogP contribution in [0.15, 0.2) is 30.3 Å². The third-order valence-electron chi connectivity index (χ3n) is 3.56. The second-order valence-electron chi connectivity index (χ2n) is 4.94. The van der Waals surface area contributed by atoms with Gasteiger partial charge in [0, 0.05) is 29.2 Å². The SMILES string of the molecule is Cc1ccc(C)n1NC(=O)c1ccc2c(c1)CCN2. The molecule has 0 atom stereocenters. The second kappa shape index (κ2) is 4.46. The number of amides is 1. The molecule has 1 amide bonds. The number of carbonyl (C=O) groups is 1. The highest BCUT2D eigenvalue weighted by Crippen LogP contribution is 2.23. The molecule has 1 aliphatic heterocycles. The number of benzene rings is 1. The van der Waals surface area contributed by atoms with Gasteiger partial charge in [-0.2, -0.15) is 0 Å². The lowest BCUT2D eigenvalue weighted by Crippen LogP contribution is -2.24. The van der Waals surface area contributed by atoms with Gasteiger partial charge in [0.05, 0.1) is 0 Å². The number of rotatable bonds is 2. The summed E-state index contributed by atoms with van der Waals surface area (Å²) in [5, 5.41) is 3.29. The van der Waals surface area contributed by atoms with Crippen LogP contribution < -0.4 is 10.7 Å². The molecule has 1 aromatic carbocycles. The molecule has 2 N–H and O–H groups in total. The molecule has 98 valence electrons. The van der Waals surface area contributed by atoms with E-state index in [-0.39, 0.29) is 5.91 Å². The Balaban J connectivity index is 1.85. The smallest absolute Gasteiger partial charge is 0.270 e. The minimum Gasteiger partial charge on any atom is -0.384 e. The van der Waals surface area contributed by atoms with Crippen molar-refractivity contribution in [1.29, 1.82) is 0 Å². The molecule has 2 aromatic rings. The highest BCUT2D eigenvalue weighted by atomic mass is 16.2. The Morgan fingerprint density at radius 2 is 1.95 bits per heavy atom. The summed E-state index contributed by atoms with van der Waals surface area (Å²) in [6.45, 7) is 4.90. The van der Waals surface area contributed by atoms with Crippen molar-refractivity contribution in [2.24, 2.45) is 0 Å². The molecule has 4 nitrogen and oxygen atoms in total. The zero-order valence-corrected chi connectivity index (χ0v) is 11.2. The van der Waals surface area contributed by atoms with Crippen LogP contribution in [0.5, 0.6) is 0 Å². The fraction of sp³-hybridized carbons (Fsp3) is 0.267. The molecule has 1 aliphatic rings. The predicted octanol–water partition coefficient (Wildman–Crippen LogP) is 2.46. The standard InChI is InChI=1S/C15H17N3O/c1-10-3-4-11(2)18(10)17-15(19)13-5-6-14-12(9-13)7-8-16-14/h3-6,9,16H,7-8H2,1-2H3,(H,17,19). The van der Waals surface area contributed by atoms with E-state index in [1.807, 2.05) is 48.9 Å². The fourth-order valence-corrected chi connectivity index (χ4v) is 2.46. The summed E-state index contributed by atoms with van der Waals surface area (Å²) < 4.78 is 1.81. The van der Waals surface area contributed by atoms with Gasteiger partial charge in [-0.3, -0.25) is 14.9 Å². The van der Waals surface area contributed by atoms with Crippen LogP contribution in [0.1, 0.15) is 27.3 Å². The van der Waals surface area contributed by atoms with Gasteiger partial charge in [-0.15, -0.1) is 0 Å². The van der Waals surface area contributed by atoms with Gasteiger partial charge in [-0.1, -0.05) is 0 Å². The highest BCUT2D eigenvalue weighted by Gasteiger charge is 2.14. The number of anilines is 1. The molecule has 1 aromatic heterocycles. The van der Waals surface area contributed by atoms with E-state index in [2.05, 4.69) is 10.7 Å². The number of nitrogens with zero attached hydrogens (tertiary/aromatic N) is 1. The van der Waals surface area contributed by atoms with Crippen LogP contribution in [-0.2, 0) is 6.42 Å². The van der Waals surface area contributed by atoms with Crippen molar-refractivity contribution in [3.63, 3.8) is 0 Å². The van der Waals surface area contributed by atoms with Gasteiger partial charge in [0.1, 0.15) is 0 Å². The van der Waals surface area contributed by atoms with E-state index >= 15 is 0 Å². The van der Waals surface area contributed by atoms with Crippen LogP contribution in [0.3, 0.4) is 0 Å². The van der Waals surface area contributed by atoms with Crippen molar-refractivity contribution < 1.29 is 4.79 Å². The number of aromatic nitrogens is 1. The van der Waals surface area contributed by atoms with Gasteiger partial charge in [0.15, 0.2) is 0 Å². The van der Waals surface area contributed by atoms with Gasteiger partial charge in [-0.25, -0.2) is 0 Å². The normalized spacial score (nSPS) is 12.9. The molecule has 0 bridgehead atoms. The molecule has 0 saturated carbocycles. The minimum absolute atomic E-state index is 0.0721. The summed E-state index contributed by atoms with van der Waals surface area (Å²) in [6, 6.07) is 9.79. The number of nitrogens with one attached hydrogen (secondary N) is 2. The predicted molar refractivity (Wildman–Crippen MR) is 76.2 cm³/mol. The molecule has 0 unspecified atom stereocenters. The average Bonchev–Trinajstić information content (AvgIpc) is 2.99. The summed E-state index contributed by atoms with van der Waals surface area (Å²) in [6.07, 6.45) is 0.984. The van der Waals surface area contributed by atoms with E-state index in [4.69, 9.17) is 0 Å². The Morgan fingerprint density at radius 3 is 2.68 bits per heavy atom. The topological polar surface area (TPSA) is 46.1 Å². The first-order valence-electron chi connectivity index (χ1n) is 6.48. The van der Waals surface area contributed by atoms with E-state index in [9.17, 15) is 4.79 Å². The second-order valence-corrected chi connectivity index (χ2v) is 4.94. The lowest BCUT2D eigenvalue weighted by Gasteiger charge is -2.11. The molecular formula is C15H17N3O. The monoisotopic (exact) mass is 255 g/mol. The quantitative estimate of drug-likeness (QED) is 0.866. The van der Waals surface area contributed by atoms with Gasteiger partial charge in [-0.05, 0) is 56.2 Å². The third kappa shape index (κ3) is 2.10. The lowest BCUT2D eigenvalue weighted by atomic mass is 10.1. The summed E-state index contributed by atoms with van der Waals surface area (Å²) >= 11 is 0. The van der Waals surface area contributed by atoms with E-state index in [0.717, 1.165) is 30.0 Å². The van der Waals surface area contributed by atoms with Crippen LogP contribution in [0.2, 0.25) is 0 Å². The van der Waals surface area contributed by atoms with Gasteiger partial charge < -0.3 is 5.32 Å². The minimum atomic E-state index is -0.0721. The molecule has 4 heteroatoms. The van der Waals surface area contributed by atoms with E-state index in [1.165, 1.54) is 5.56 Å². The number of aryl methyl sites for hydroxylation is 2. The third-order valence-corrected chi connectivity index (χ3v) is 3.56. The highest BCUT2D eigenvalue weighted by molar-refractivity contribution is 6.00. The van der Waals surface area contributed by atoms with E-state index in [0.29, 0.717) is 5.56 Å². The van der Waals surface area contributed by atoms with Crippen LogP contribution in [0.25, 0.3) is 0 Å². The first-order valence-corrected chi connectivity index (χ1v) is 6.48. The molecule has 3 rings (SSSR count). The maximum Gasteiger partial charge on any atom is 0.270 e. The number of carbonyl (C=O) groups excluding carboxylic acids is 1. The maximum atomic E-state index is 12.3. The number of hydrogen-bond acceptors (Lipinski definition) is 2. The van der Waals surface area contributed by atoms with Gasteiger partial charge in [0.25, 0.3) is 5.91 Å². The molecule has 0 radical (unpaired) electrons. The van der Waals surface area contributed by atoms with Crippen molar-refractivity contribution in [2.45, 2.75) is 20.3 Å². The molecule has 0 spiro atoms. The molecule has 0 saturated heterocycles. The summed E-state index contributed by atoms with van der Waals surface area (Å²) in [7, 11) is 0. The van der Waals surface area contributed by atoms with Crippen LogP contribution in [0.4, 0.5) is 5.69 Å². The Morgan fingerprint density at radius 1 is 1.21 bits per heavy atom. The number of fused-ring (bicyclic) bond motifs is 1. The summed E-state index contributed by atoms with van der Waals surface area (Å²) in [5.41, 5.74) is 8.03. The Hall–Kier alpha value is -2.23. The van der Waals surface area contributed by atoms with Gasteiger partial charge >= 0.3 is 0 Å². The molecular weight excluding hydrogens is 238 g/mol. The molecule has 0 fully saturated rings. The van der Waals surface area contributed by atoms with Crippen LogP contribution in [-0.4, -0.2) is 17.1 Å². The fourth-order valence-electron chi connectivity index (χ4n) is 2.46. The van der Waals surface area contributed by atoms with E-state index < -0.39 is 0 Å². The summed E-state index contributed by atoms with van der Waals surface area (Å²) in [5.74, 6) is -0.0721. The average molecular weight is 255 g/mol. The molecule has 0 aliphatic carbocycles. The Kier molecular flexibility index (Phi) is 2.78. The maximum absolute atomic E-state index is 12.3. The zero-order valence-electron chi connectivity index (χ0n) is 11.2. The van der Waals surface area contributed by atoms with Gasteiger partial charge in [0.2, 0.25) is 0 Å². The van der Waals surface area contributed by atoms with Crippen molar-refractivity contribution in [3.05, 3.63) is 52.8 Å². The largest absolute Gasteiger partial charge is 0.384 e. The Bertz CT molecular complexity index is 623. The number of hydrogen-bond donors (Lipinski definition) is 2. The van der Waals surface area contributed by atoms with Crippen LogP contribution >= 0.6 is 0 Å². The van der Waals surface area contributed by atoms with Crippen molar-refractivity contribution in [1.82, 2.24) is 4.68 Å². The van der Waals surface area contributed by atoms with E-state index in [1.54, 1.807) is 0 Å². The van der Waals surface area contributed by atoms with Crippen LogP contribution in [0, 0.1) is 13.8 Å². The molecule has 2 heterocycles.